The molecule has 0 spiro atoms. The van der Waals surface area contributed by atoms with Crippen molar-refractivity contribution in [3.63, 3.8) is 0 Å². The Labute approximate surface area is 155 Å². The minimum atomic E-state index is -0.387. The van der Waals surface area contributed by atoms with Crippen LogP contribution in [0.15, 0.2) is 47.1 Å². The summed E-state index contributed by atoms with van der Waals surface area (Å²) >= 11 is 6.17. The molecule has 3 aromatic rings. The van der Waals surface area contributed by atoms with Crippen molar-refractivity contribution in [2.24, 2.45) is 0 Å². The van der Waals surface area contributed by atoms with Crippen molar-refractivity contribution in [3.05, 3.63) is 64.4 Å². The third-order valence-corrected chi connectivity index (χ3v) is 4.37. The first-order valence-corrected chi connectivity index (χ1v) is 8.59. The lowest BCUT2D eigenvalue weighted by atomic mass is 10.1. The van der Waals surface area contributed by atoms with Gasteiger partial charge >= 0.3 is 5.97 Å². The van der Waals surface area contributed by atoms with Crippen LogP contribution >= 0.6 is 11.6 Å². The molecule has 0 aliphatic heterocycles. The Hall–Kier alpha value is -2.79. The largest absolute Gasteiger partial charge is 0.464 e. The summed E-state index contributed by atoms with van der Waals surface area (Å²) in [6, 6.07) is 10.2. The lowest BCUT2D eigenvalue weighted by Gasteiger charge is -2.06. The fourth-order valence-corrected chi connectivity index (χ4v) is 2.78. The number of nitrogens with one attached hydrogen (secondary N) is 1. The average Bonchev–Trinajstić information content (AvgIpc) is 2.98. The summed E-state index contributed by atoms with van der Waals surface area (Å²) in [5.74, 6) is -0.573. The highest BCUT2D eigenvalue weighted by Gasteiger charge is 2.13. The summed E-state index contributed by atoms with van der Waals surface area (Å²) in [5.41, 5.74) is 3.43. The number of halogens is 1. The Bertz CT molecular complexity index is 960. The van der Waals surface area contributed by atoms with Crippen molar-refractivity contribution in [3.8, 4) is 0 Å². The van der Waals surface area contributed by atoms with E-state index in [0.717, 1.165) is 16.5 Å². The van der Waals surface area contributed by atoms with Gasteiger partial charge in [0, 0.05) is 21.7 Å². The van der Waals surface area contributed by atoms with E-state index in [1.807, 2.05) is 19.1 Å². The maximum absolute atomic E-state index is 12.3. The molecule has 3 rings (SSSR count). The Morgan fingerprint density at radius 3 is 2.62 bits per heavy atom. The number of anilines is 1. The minimum Gasteiger partial charge on any atom is -0.464 e. The molecule has 134 valence electrons. The first-order chi connectivity index (χ1) is 12.5. The lowest BCUT2D eigenvalue weighted by molar-refractivity contribution is -0.115. The molecular weight excluding hydrogens is 354 g/mol. The van der Waals surface area contributed by atoms with E-state index in [1.54, 1.807) is 37.5 Å². The summed E-state index contributed by atoms with van der Waals surface area (Å²) in [6.45, 7) is 3.97. The van der Waals surface area contributed by atoms with Gasteiger partial charge < -0.3 is 14.5 Å². The van der Waals surface area contributed by atoms with Crippen molar-refractivity contribution in [2.75, 3.05) is 11.9 Å². The smallest absolute Gasteiger partial charge is 0.338 e. The fraction of sp³-hybridized carbons (Fsp3) is 0.200. The van der Waals surface area contributed by atoms with Crippen LogP contribution in [0.2, 0.25) is 5.02 Å². The number of fused-ring (bicyclic) bond motifs is 1. The number of rotatable bonds is 5. The van der Waals surface area contributed by atoms with Gasteiger partial charge in [-0.25, -0.2) is 4.79 Å². The summed E-state index contributed by atoms with van der Waals surface area (Å²) in [5, 5.41) is 4.26. The number of ether oxygens (including phenoxy) is 1. The predicted octanol–water partition coefficient (Wildman–Crippen LogP) is 4.75. The molecule has 0 fully saturated rings. The van der Waals surface area contributed by atoms with Gasteiger partial charge in [-0.2, -0.15) is 0 Å². The van der Waals surface area contributed by atoms with Gasteiger partial charge in [-0.05, 0) is 55.8 Å². The summed E-state index contributed by atoms with van der Waals surface area (Å²) < 4.78 is 10.4. The van der Waals surface area contributed by atoms with E-state index >= 15 is 0 Å². The van der Waals surface area contributed by atoms with Gasteiger partial charge in [0.05, 0.1) is 24.9 Å². The molecule has 0 aliphatic carbocycles. The molecule has 1 aromatic heterocycles. The van der Waals surface area contributed by atoms with E-state index in [1.165, 1.54) is 0 Å². The Morgan fingerprint density at radius 2 is 1.92 bits per heavy atom. The van der Waals surface area contributed by atoms with Gasteiger partial charge in [-0.1, -0.05) is 11.6 Å². The van der Waals surface area contributed by atoms with Crippen LogP contribution in [0.5, 0.6) is 0 Å². The molecule has 0 radical (unpaired) electrons. The zero-order valence-electron chi connectivity index (χ0n) is 14.5. The topological polar surface area (TPSA) is 68.5 Å². The zero-order valence-corrected chi connectivity index (χ0v) is 15.2. The quantitative estimate of drug-likeness (QED) is 0.657. The number of furan rings is 1. The summed E-state index contributed by atoms with van der Waals surface area (Å²) in [7, 11) is 0. The van der Waals surface area contributed by atoms with Gasteiger partial charge in [-0.3, -0.25) is 4.79 Å². The van der Waals surface area contributed by atoms with Crippen molar-refractivity contribution >= 4 is 40.1 Å². The molecule has 0 unspecified atom stereocenters. The summed E-state index contributed by atoms with van der Waals surface area (Å²) in [6.07, 6.45) is 1.73. The number of esters is 1. The number of hydrogen-bond acceptors (Lipinski definition) is 4. The van der Waals surface area contributed by atoms with E-state index in [2.05, 4.69) is 5.32 Å². The van der Waals surface area contributed by atoms with Crippen molar-refractivity contribution in [1.29, 1.82) is 0 Å². The van der Waals surface area contributed by atoms with E-state index in [9.17, 15) is 9.59 Å². The fourth-order valence-electron chi connectivity index (χ4n) is 2.62. The van der Waals surface area contributed by atoms with Crippen LogP contribution in [-0.4, -0.2) is 18.5 Å². The van der Waals surface area contributed by atoms with Gasteiger partial charge in [0.1, 0.15) is 5.58 Å². The van der Waals surface area contributed by atoms with Crippen molar-refractivity contribution < 1.29 is 18.7 Å². The highest BCUT2D eigenvalue weighted by Crippen LogP contribution is 2.28. The van der Waals surface area contributed by atoms with E-state index < -0.39 is 0 Å². The molecule has 0 atom stereocenters. The molecule has 0 aliphatic rings. The number of amides is 1. The molecule has 1 heterocycles. The minimum absolute atomic E-state index is 0.159. The SMILES string of the molecule is CCOC(=O)c1ccc(NC(=O)Cc2coc3cc(C)c(Cl)cc23)cc1. The maximum Gasteiger partial charge on any atom is 0.338 e. The molecule has 1 N–H and O–H groups in total. The highest BCUT2D eigenvalue weighted by molar-refractivity contribution is 6.32. The molecule has 1 amide bonds. The van der Waals surface area contributed by atoms with Crippen LogP contribution in [-0.2, 0) is 16.0 Å². The standard InChI is InChI=1S/C20H18ClNO4/c1-3-25-20(24)13-4-6-15(7-5-13)22-19(23)9-14-11-26-18-8-12(2)17(21)10-16(14)18/h4-8,10-11H,3,9H2,1-2H3,(H,22,23). The number of aryl methyl sites for hydroxylation is 1. The molecule has 0 saturated carbocycles. The van der Waals surface area contributed by atoms with Crippen LogP contribution in [0.3, 0.4) is 0 Å². The van der Waals surface area contributed by atoms with E-state index in [4.69, 9.17) is 20.8 Å². The van der Waals surface area contributed by atoms with Crippen molar-refractivity contribution in [2.45, 2.75) is 20.3 Å². The highest BCUT2D eigenvalue weighted by atomic mass is 35.5. The molecule has 2 aromatic carbocycles. The Kier molecular flexibility index (Phi) is 5.28. The van der Waals surface area contributed by atoms with Crippen LogP contribution < -0.4 is 5.32 Å². The third-order valence-electron chi connectivity index (χ3n) is 3.97. The van der Waals surface area contributed by atoms with Crippen LogP contribution in [0.1, 0.15) is 28.4 Å². The Balaban J connectivity index is 1.69. The lowest BCUT2D eigenvalue weighted by Crippen LogP contribution is -2.14. The van der Waals surface area contributed by atoms with Crippen LogP contribution in [0.25, 0.3) is 11.0 Å². The maximum atomic E-state index is 12.3. The second-order valence-electron chi connectivity index (χ2n) is 5.88. The Morgan fingerprint density at radius 1 is 1.19 bits per heavy atom. The first-order valence-electron chi connectivity index (χ1n) is 8.21. The molecular formula is C20H18ClNO4. The van der Waals surface area contributed by atoms with Crippen molar-refractivity contribution in [1.82, 2.24) is 0 Å². The second-order valence-corrected chi connectivity index (χ2v) is 6.29. The average molecular weight is 372 g/mol. The van der Waals surface area contributed by atoms with Crippen LogP contribution in [0.4, 0.5) is 5.69 Å². The second kappa shape index (κ2) is 7.62. The molecule has 26 heavy (non-hydrogen) atoms. The van der Waals surface area contributed by atoms with Crippen LogP contribution in [0, 0.1) is 6.92 Å². The monoisotopic (exact) mass is 371 g/mol. The van der Waals surface area contributed by atoms with Gasteiger partial charge in [0.15, 0.2) is 0 Å². The normalized spacial score (nSPS) is 10.7. The summed E-state index contributed by atoms with van der Waals surface area (Å²) in [4.78, 5) is 24.0. The molecule has 6 heteroatoms. The predicted molar refractivity (Wildman–Crippen MR) is 101 cm³/mol. The molecule has 0 bridgehead atoms. The first kappa shape index (κ1) is 18.0. The van der Waals surface area contributed by atoms with E-state index in [0.29, 0.717) is 28.5 Å². The van der Waals surface area contributed by atoms with Gasteiger partial charge in [0.25, 0.3) is 0 Å². The molecule has 0 saturated heterocycles. The van der Waals surface area contributed by atoms with E-state index in [-0.39, 0.29) is 18.3 Å². The number of hydrogen-bond donors (Lipinski definition) is 1. The van der Waals surface area contributed by atoms with Gasteiger partial charge in [0.2, 0.25) is 5.91 Å². The van der Waals surface area contributed by atoms with Gasteiger partial charge in [-0.15, -0.1) is 0 Å². The zero-order chi connectivity index (χ0) is 18.7. The number of carbonyl (C=O) groups is 2. The number of carbonyl (C=O) groups excluding carboxylic acids is 2. The third kappa shape index (κ3) is 3.89. The number of benzene rings is 2. The molecule has 5 nitrogen and oxygen atoms in total.